The van der Waals surface area contributed by atoms with E-state index in [4.69, 9.17) is 4.74 Å². The zero-order chi connectivity index (χ0) is 15.4. The molecule has 1 aliphatic rings. The molecular formula is C16H22N2O3. The van der Waals surface area contributed by atoms with Gasteiger partial charge < -0.3 is 4.74 Å². The van der Waals surface area contributed by atoms with Crippen molar-refractivity contribution < 1.29 is 14.3 Å². The van der Waals surface area contributed by atoms with Crippen LogP contribution in [-0.2, 0) is 9.59 Å². The van der Waals surface area contributed by atoms with Crippen LogP contribution in [0.3, 0.4) is 0 Å². The minimum Gasteiger partial charge on any atom is -0.497 e. The highest BCUT2D eigenvalue weighted by atomic mass is 16.5. The molecule has 2 amide bonds. The Labute approximate surface area is 125 Å². The van der Waals surface area contributed by atoms with Crippen molar-refractivity contribution in [1.29, 1.82) is 0 Å². The second kappa shape index (κ2) is 6.72. The lowest BCUT2D eigenvalue weighted by atomic mass is 10.1. The van der Waals surface area contributed by atoms with Gasteiger partial charge in [0, 0.05) is 12.6 Å². The van der Waals surface area contributed by atoms with Crippen LogP contribution < -0.4 is 10.1 Å². The molecule has 2 rings (SSSR count). The molecule has 1 saturated heterocycles. The number of benzene rings is 1. The van der Waals surface area contributed by atoms with Gasteiger partial charge in [-0.25, -0.2) is 0 Å². The second-order valence-electron chi connectivity index (χ2n) is 5.31. The highest BCUT2D eigenvalue weighted by Crippen LogP contribution is 2.22. The van der Waals surface area contributed by atoms with Crippen molar-refractivity contribution in [2.75, 3.05) is 13.7 Å². The summed E-state index contributed by atoms with van der Waals surface area (Å²) < 4.78 is 5.21. The Hall–Kier alpha value is -1.88. The number of likely N-dealkylation sites (tertiary alicyclic amines) is 1. The summed E-state index contributed by atoms with van der Waals surface area (Å²) in [4.78, 5) is 25.4. The number of amides is 2. The molecule has 2 atom stereocenters. The number of rotatable bonds is 6. The van der Waals surface area contributed by atoms with E-state index in [9.17, 15) is 9.59 Å². The number of methoxy groups -OCH3 is 1. The van der Waals surface area contributed by atoms with Crippen LogP contribution in [0.15, 0.2) is 24.3 Å². The van der Waals surface area contributed by atoms with Gasteiger partial charge in [0.15, 0.2) is 0 Å². The summed E-state index contributed by atoms with van der Waals surface area (Å²) in [7, 11) is 1.62. The minimum absolute atomic E-state index is 0.0246. The quantitative estimate of drug-likeness (QED) is 0.813. The van der Waals surface area contributed by atoms with Gasteiger partial charge in [0.1, 0.15) is 5.75 Å². The molecule has 1 N–H and O–H groups in total. The third-order valence-corrected chi connectivity index (χ3v) is 3.74. The Balaban J connectivity index is 2.04. The van der Waals surface area contributed by atoms with Crippen LogP contribution in [0.2, 0.25) is 0 Å². The minimum atomic E-state index is -0.426. The van der Waals surface area contributed by atoms with Crippen molar-refractivity contribution in [3.8, 4) is 5.75 Å². The van der Waals surface area contributed by atoms with E-state index in [0.29, 0.717) is 6.54 Å². The van der Waals surface area contributed by atoms with E-state index in [1.807, 2.05) is 38.1 Å². The van der Waals surface area contributed by atoms with Crippen molar-refractivity contribution in [1.82, 2.24) is 10.2 Å². The van der Waals surface area contributed by atoms with E-state index in [1.165, 1.54) is 4.90 Å². The lowest BCUT2D eigenvalue weighted by molar-refractivity contribution is -0.138. The topological polar surface area (TPSA) is 58.6 Å². The highest BCUT2D eigenvalue weighted by Gasteiger charge is 2.38. The Morgan fingerprint density at radius 3 is 2.86 bits per heavy atom. The fourth-order valence-electron chi connectivity index (χ4n) is 2.58. The first-order valence-electron chi connectivity index (χ1n) is 7.31. The fraction of sp³-hybridized carbons (Fsp3) is 0.500. The highest BCUT2D eigenvalue weighted by molar-refractivity contribution is 6.05. The van der Waals surface area contributed by atoms with E-state index < -0.39 is 6.04 Å². The normalized spacial score (nSPS) is 20.0. The lowest BCUT2D eigenvalue weighted by Gasteiger charge is -2.19. The zero-order valence-corrected chi connectivity index (χ0v) is 12.8. The maximum Gasteiger partial charge on any atom is 0.246 e. The number of nitrogens with one attached hydrogen (secondary N) is 1. The monoisotopic (exact) mass is 290 g/mol. The van der Waals surface area contributed by atoms with Crippen molar-refractivity contribution in [2.45, 2.75) is 38.8 Å². The predicted molar refractivity (Wildman–Crippen MR) is 80.0 cm³/mol. The average molecular weight is 290 g/mol. The van der Waals surface area contributed by atoms with Gasteiger partial charge in [-0.05, 0) is 31.0 Å². The molecular weight excluding hydrogens is 268 g/mol. The molecule has 5 heteroatoms. The SMILES string of the molecule is CCCN1C(=O)CC(NC(C)c2cccc(OC)c2)C1=O. The van der Waals surface area contributed by atoms with Gasteiger partial charge in [-0.3, -0.25) is 19.8 Å². The van der Waals surface area contributed by atoms with E-state index >= 15 is 0 Å². The van der Waals surface area contributed by atoms with Gasteiger partial charge in [0.25, 0.3) is 0 Å². The molecule has 1 aliphatic heterocycles. The summed E-state index contributed by atoms with van der Waals surface area (Å²) in [6, 6.07) is 7.25. The molecule has 21 heavy (non-hydrogen) atoms. The van der Waals surface area contributed by atoms with Crippen molar-refractivity contribution >= 4 is 11.8 Å². The third-order valence-electron chi connectivity index (χ3n) is 3.74. The van der Waals surface area contributed by atoms with Crippen molar-refractivity contribution in [3.05, 3.63) is 29.8 Å². The molecule has 0 aromatic heterocycles. The van der Waals surface area contributed by atoms with Crippen LogP contribution >= 0.6 is 0 Å². The zero-order valence-electron chi connectivity index (χ0n) is 12.8. The standard InChI is InChI=1S/C16H22N2O3/c1-4-8-18-15(19)10-14(16(18)20)17-11(2)12-6-5-7-13(9-12)21-3/h5-7,9,11,14,17H,4,8,10H2,1-3H3. The molecule has 0 spiro atoms. The van der Waals surface area contributed by atoms with Crippen LogP contribution in [0.1, 0.15) is 38.3 Å². The summed E-state index contributed by atoms with van der Waals surface area (Å²) in [6.45, 7) is 4.44. The average Bonchev–Trinajstić information content (AvgIpc) is 2.75. The third kappa shape index (κ3) is 3.42. The Kier molecular flexibility index (Phi) is 4.96. The molecule has 5 nitrogen and oxygen atoms in total. The summed E-state index contributed by atoms with van der Waals surface area (Å²) >= 11 is 0. The summed E-state index contributed by atoms with van der Waals surface area (Å²) in [5.41, 5.74) is 1.03. The Bertz CT molecular complexity index is 530. The maximum absolute atomic E-state index is 12.2. The first-order chi connectivity index (χ1) is 10.1. The molecule has 2 unspecified atom stereocenters. The molecule has 1 fully saturated rings. The van der Waals surface area contributed by atoms with E-state index in [-0.39, 0.29) is 24.3 Å². The smallest absolute Gasteiger partial charge is 0.246 e. The van der Waals surface area contributed by atoms with Gasteiger partial charge in [-0.15, -0.1) is 0 Å². The molecule has 0 aliphatic carbocycles. The largest absolute Gasteiger partial charge is 0.497 e. The molecule has 0 bridgehead atoms. The van der Waals surface area contributed by atoms with Gasteiger partial charge >= 0.3 is 0 Å². The fourth-order valence-corrected chi connectivity index (χ4v) is 2.58. The molecule has 114 valence electrons. The van der Waals surface area contributed by atoms with Gasteiger partial charge in [-0.2, -0.15) is 0 Å². The number of carbonyl (C=O) groups excluding carboxylic acids is 2. The summed E-state index contributed by atoms with van der Waals surface area (Å²) in [5, 5.41) is 3.25. The second-order valence-corrected chi connectivity index (χ2v) is 5.31. The van der Waals surface area contributed by atoms with Gasteiger partial charge in [0.2, 0.25) is 11.8 Å². The van der Waals surface area contributed by atoms with Crippen LogP contribution in [0, 0.1) is 0 Å². The van der Waals surface area contributed by atoms with Crippen molar-refractivity contribution in [2.24, 2.45) is 0 Å². The first-order valence-corrected chi connectivity index (χ1v) is 7.31. The predicted octanol–water partition coefficient (Wildman–Crippen LogP) is 1.88. The molecule has 1 heterocycles. The number of nitrogens with zero attached hydrogens (tertiary/aromatic N) is 1. The van der Waals surface area contributed by atoms with Crippen LogP contribution in [0.25, 0.3) is 0 Å². The van der Waals surface area contributed by atoms with E-state index in [1.54, 1.807) is 7.11 Å². The maximum atomic E-state index is 12.2. The van der Waals surface area contributed by atoms with Crippen LogP contribution in [0.4, 0.5) is 0 Å². The van der Waals surface area contributed by atoms with Crippen LogP contribution in [-0.4, -0.2) is 36.4 Å². The molecule has 1 aromatic rings. The lowest BCUT2D eigenvalue weighted by Crippen LogP contribution is -2.40. The van der Waals surface area contributed by atoms with Gasteiger partial charge in [0.05, 0.1) is 19.6 Å². The molecule has 0 radical (unpaired) electrons. The number of hydrogen-bond donors (Lipinski definition) is 1. The number of ether oxygens (including phenoxy) is 1. The number of hydrogen-bond acceptors (Lipinski definition) is 4. The van der Waals surface area contributed by atoms with E-state index in [0.717, 1.165) is 17.7 Å². The summed E-state index contributed by atoms with van der Waals surface area (Å²) in [5.74, 6) is 0.580. The molecule has 1 aromatic carbocycles. The van der Waals surface area contributed by atoms with Gasteiger partial charge in [-0.1, -0.05) is 19.1 Å². The number of carbonyl (C=O) groups is 2. The Morgan fingerprint density at radius 2 is 2.19 bits per heavy atom. The first kappa shape index (κ1) is 15.5. The molecule has 0 saturated carbocycles. The van der Waals surface area contributed by atoms with Crippen molar-refractivity contribution in [3.63, 3.8) is 0 Å². The number of imide groups is 1. The van der Waals surface area contributed by atoms with E-state index in [2.05, 4.69) is 5.32 Å². The summed E-state index contributed by atoms with van der Waals surface area (Å²) in [6.07, 6.45) is 1.03. The van der Waals surface area contributed by atoms with Crippen LogP contribution in [0.5, 0.6) is 5.75 Å². The Morgan fingerprint density at radius 1 is 1.43 bits per heavy atom.